The third-order valence-corrected chi connectivity index (χ3v) is 4.34. The van der Waals surface area contributed by atoms with Crippen molar-refractivity contribution in [1.29, 1.82) is 0 Å². The quantitative estimate of drug-likeness (QED) is 0.920. The molecular weight excluding hydrogens is 318 g/mol. The van der Waals surface area contributed by atoms with Crippen LogP contribution in [0, 0.1) is 0 Å². The topological polar surface area (TPSA) is 56.8 Å². The Labute approximate surface area is 147 Å². The molecule has 132 valence electrons. The number of ether oxygens (including phenoxy) is 3. The highest BCUT2D eigenvalue weighted by molar-refractivity contribution is 5.94. The van der Waals surface area contributed by atoms with E-state index in [4.69, 9.17) is 14.2 Å². The van der Waals surface area contributed by atoms with Gasteiger partial charge in [-0.05, 0) is 50.2 Å². The Kier molecular flexibility index (Phi) is 4.57. The van der Waals surface area contributed by atoms with E-state index >= 15 is 0 Å². The van der Waals surface area contributed by atoms with Crippen LogP contribution >= 0.6 is 0 Å². The molecule has 0 radical (unpaired) electrons. The highest BCUT2D eigenvalue weighted by Crippen LogP contribution is 2.41. The maximum absolute atomic E-state index is 12.6. The van der Waals surface area contributed by atoms with Crippen molar-refractivity contribution in [2.45, 2.75) is 31.9 Å². The van der Waals surface area contributed by atoms with E-state index in [1.165, 1.54) is 0 Å². The Morgan fingerprint density at radius 3 is 2.36 bits per heavy atom. The van der Waals surface area contributed by atoms with E-state index < -0.39 is 0 Å². The molecule has 1 N–H and O–H groups in total. The maximum Gasteiger partial charge on any atom is 0.251 e. The summed E-state index contributed by atoms with van der Waals surface area (Å²) in [7, 11) is 3.23. The van der Waals surface area contributed by atoms with Gasteiger partial charge in [0, 0.05) is 23.6 Å². The second-order valence-electron chi connectivity index (χ2n) is 6.72. The lowest BCUT2D eigenvalue weighted by Gasteiger charge is -2.38. The van der Waals surface area contributed by atoms with Crippen LogP contribution in [-0.2, 0) is 0 Å². The lowest BCUT2D eigenvalue weighted by Crippen LogP contribution is -2.41. The summed E-state index contributed by atoms with van der Waals surface area (Å²) in [6, 6.07) is 12.6. The fraction of sp³-hybridized carbons (Fsp3) is 0.350. The number of carbonyl (C=O) groups is 1. The van der Waals surface area contributed by atoms with Gasteiger partial charge >= 0.3 is 0 Å². The molecule has 0 aromatic heterocycles. The molecule has 2 aromatic rings. The van der Waals surface area contributed by atoms with E-state index in [0.29, 0.717) is 12.0 Å². The van der Waals surface area contributed by atoms with E-state index in [-0.39, 0.29) is 17.6 Å². The molecule has 5 heteroatoms. The van der Waals surface area contributed by atoms with E-state index in [0.717, 1.165) is 22.8 Å². The summed E-state index contributed by atoms with van der Waals surface area (Å²) in [5, 5.41) is 3.12. The molecule has 0 saturated heterocycles. The number of rotatable bonds is 4. The van der Waals surface area contributed by atoms with Gasteiger partial charge in [0.2, 0.25) is 0 Å². The van der Waals surface area contributed by atoms with Crippen LogP contribution in [0.2, 0.25) is 0 Å². The van der Waals surface area contributed by atoms with Gasteiger partial charge in [-0.1, -0.05) is 0 Å². The normalized spacial score (nSPS) is 17.8. The van der Waals surface area contributed by atoms with Crippen LogP contribution in [0.25, 0.3) is 0 Å². The van der Waals surface area contributed by atoms with Crippen LogP contribution in [0.3, 0.4) is 0 Å². The Morgan fingerprint density at radius 1 is 1.08 bits per heavy atom. The minimum absolute atomic E-state index is 0.118. The number of carbonyl (C=O) groups excluding carboxylic acids is 1. The van der Waals surface area contributed by atoms with Crippen LogP contribution in [0.1, 0.15) is 42.2 Å². The fourth-order valence-corrected chi connectivity index (χ4v) is 3.07. The summed E-state index contributed by atoms with van der Waals surface area (Å²) in [5.41, 5.74) is 1.18. The largest absolute Gasteiger partial charge is 0.497 e. The molecule has 1 aliphatic heterocycles. The smallest absolute Gasteiger partial charge is 0.251 e. The molecule has 0 unspecified atom stereocenters. The molecule has 3 rings (SSSR count). The molecule has 0 saturated carbocycles. The second-order valence-corrected chi connectivity index (χ2v) is 6.72. The molecule has 1 atom stereocenters. The van der Waals surface area contributed by atoms with Gasteiger partial charge in [0.15, 0.2) is 0 Å². The zero-order valence-electron chi connectivity index (χ0n) is 15.0. The van der Waals surface area contributed by atoms with Crippen molar-refractivity contribution in [2.75, 3.05) is 14.2 Å². The minimum atomic E-state index is -0.378. The average Bonchev–Trinajstić information content (AvgIpc) is 2.60. The fourth-order valence-electron chi connectivity index (χ4n) is 3.07. The summed E-state index contributed by atoms with van der Waals surface area (Å²) in [5.74, 6) is 2.08. The molecule has 0 fully saturated rings. The number of amides is 1. The van der Waals surface area contributed by atoms with E-state index in [1.807, 2.05) is 32.0 Å². The zero-order chi connectivity index (χ0) is 18.0. The highest BCUT2D eigenvalue weighted by Gasteiger charge is 2.34. The second kappa shape index (κ2) is 6.67. The SMILES string of the molecule is COc1ccc(C(=O)N[C@H]2CC(C)(C)Oc3cc(OC)ccc32)cc1. The van der Waals surface area contributed by atoms with Gasteiger partial charge in [-0.2, -0.15) is 0 Å². The summed E-state index contributed by atoms with van der Waals surface area (Å²) in [6.45, 7) is 4.03. The monoisotopic (exact) mass is 341 g/mol. The maximum atomic E-state index is 12.6. The van der Waals surface area contributed by atoms with Crippen molar-refractivity contribution in [1.82, 2.24) is 5.32 Å². The van der Waals surface area contributed by atoms with Gasteiger partial charge in [0.25, 0.3) is 5.91 Å². The Hall–Kier alpha value is -2.69. The Morgan fingerprint density at radius 2 is 1.72 bits per heavy atom. The van der Waals surface area contributed by atoms with E-state index in [2.05, 4.69) is 5.32 Å². The Balaban J connectivity index is 1.85. The van der Waals surface area contributed by atoms with Crippen LogP contribution in [0.5, 0.6) is 17.2 Å². The number of fused-ring (bicyclic) bond motifs is 1. The lowest BCUT2D eigenvalue weighted by molar-refractivity contribution is 0.0617. The standard InChI is InChI=1S/C20H23NO4/c1-20(2)12-17(16-10-9-15(24-4)11-18(16)25-20)21-19(22)13-5-7-14(23-3)8-6-13/h5-11,17H,12H2,1-4H3,(H,21,22)/t17-/m0/s1. The summed E-state index contributed by atoms with van der Waals surface area (Å²) >= 11 is 0. The first-order valence-corrected chi connectivity index (χ1v) is 8.24. The van der Waals surface area contributed by atoms with Gasteiger partial charge in [-0.25, -0.2) is 0 Å². The summed E-state index contributed by atoms with van der Waals surface area (Å²) in [4.78, 5) is 12.6. The lowest BCUT2D eigenvalue weighted by atomic mass is 9.89. The third kappa shape index (κ3) is 3.71. The number of hydrogen-bond donors (Lipinski definition) is 1. The van der Waals surface area contributed by atoms with E-state index in [1.54, 1.807) is 38.5 Å². The first-order valence-electron chi connectivity index (χ1n) is 8.24. The van der Waals surface area contributed by atoms with Crippen LogP contribution in [0.4, 0.5) is 0 Å². The van der Waals surface area contributed by atoms with Crippen molar-refractivity contribution >= 4 is 5.91 Å². The van der Waals surface area contributed by atoms with Crippen LogP contribution < -0.4 is 19.5 Å². The van der Waals surface area contributed by atoms with Crippen LogP contribution in [-0.4, -0.2) is 25.7 Å². The average molecular weight is 341 g/mol. The summed E-state index contributed by atoms with van der Waals surface area (Å²) < 4.78 is 16.5. The van der Waals surface area contributed by atoms with Gasteiger partial charge in [0.05, 0.1) is 20.3 Å². The number of nitrogens with one attached hydrogen (secondary N) is 1. The first-order chi connectivity index (χ1) is 11.9. The van der Waals surface area contributed by atoms with Gasteiger partial charge in [-0.15, -0.1) is 0 Å². The Bertz CT molecular complexity index is 768. The van der Waals surface area contributed by atoms with E-state index in [9.17, 15) is 4.79 Å². The predicted molar refractivity (Wildman–Crippen MR) is 95.5 cm³/mol. The highest BCUT2D eigenvalue weighted by atomic mass is 16.5. The van der Waals surface area contributed by atoms with Crippen molar-refractivity contribution in [3.8, 4) is 17.2 Å². The molecule has 0 bridgehead atoms. The molecule has 0 spiro atoms. The third-order valence-electron chi connectivity index (χ3n) is 4.34. The molecule has 25 heavy (non-hydrogen) atoms. The van der Waals surface area contributed by atoms with Crippen molar-refractivity contribution in [2.24, 2.45) is 0 Å². The predicted octanol–water partition coefficient (Wildman–Crippen LogP) is 3.74. The van der Waals surface area contributed by atoms with Gasteiger partial charge in [-0.3, -0.25) is 4.79 Å². The van der Waals surface area contributed by atoms with Gasteiger partial charge < -0.3 is 19.5 Å². The first kappa shape index (κ1) is 17.1. The molecule has 5 nitrogen and oxygen atoms in total. The molecular formula is C20H23NO4. The molecule has 2 aromatic carbocycles. The van der Waals surface area contributed by atoms with Crippen LogP contribution in [0.15, 0.2) is 42.5 Å². The van der Waals surface area contributed by atoms with Gasteiger partial charge in [0.1, 0.15) is 22.8 Å². The molecule has 1 aliphatic rings. The van der Waals surface area contributed by atoms with Crippen molar-refractivity contribution in [3.05, 3.63) is 53.6 Å². The number of benzene rings is 2. The molecule has 1 heterocycles. The number of methoxy groups -OCH3 is 2. The molecule has 1 amide bonds. The summed E-state index contributed by atoms with van der Waals surface area (Å²) in [6.07, 6.45) is 0.689. The van der Waals surface area contributed by atoms with Crippen molar-refractivity contribution < 1.29 is 19.0 Å². The van der Waals surface area contributed by atoms with Crippen molar-refractivity contribution in [3.63, 3.8) is 0 Å². The zero-order valence-corrected chi connectivity index (χ0v) is 15.0. The minimum Gasteiger partial charge on any atom is -0.497 e. The molecule has 0 aliphatic carbocycles. The number of hydrogen-bond acceptors (Lipinski definition) is 4.